The molecule has 0 amide bonds. The van der Waals surface area contributed by atoms with E-state index in [1.54, 1.807) is 13.0 Å². The molecule has 0 aliphatic carbocycles. The van der Waals surface area contributed by atoms with Gasteiger partial charge in [-0.1, -0.05) is 19.4 Å². The smallest absolute Gasteiger partial charge is 0.307 e. The largest absolute Gasteiger partial charge is 0.466 e. The van der Waals surface area contributed by atoms with Gasteiger partial charge in [-0.2, -0.15) is 0 Å². The Morgan fingerprint density at radius 1 is 1.40 bits per heavy atom. The van der Waals surface area contributed by atoms with Crippen molar-refractivity contribution in [2.24, 2.45) is 5.18 Å². The van der Waals surface area contributed by atoms with E-state index in [9.17, 15) is 9.70 Å². The molecule has 0 saturated heterocycles. The Morgan fingerprint density at radius 2 is 2.15 bits per heavy atom. The summed E-state index contributed by atoms with van der Waals surface area (Å²) in [4.78, 5) is 22.4. The molecule has 0 aromatic heterocycles. The summed E-state index contributed by atoms with van der Waals surface area (Å²) in [5.74, 6) is -0.230. The highest BCUT2D eigenvalue weighted by Crippen LogP contribution is 2.27. The molecule has 1 unspecified atom stereocenters. The van der Waals surface area contributed by atoms with E-state index in [0.29, 0.717) is 18.0 Å². The van der Waals surface area contributed by atoms with Crippen LogP contribution in [-0.4, -0.2) is 18.6 Å². The van der Waals surface area contributed by atoms with Crippen LogP contribution in [0.15, 0.2) is 23.4 Å². The number of nitroso groups, excluding NO2 is 1. The maximum absolute atomic E-state index is 11.6. The number of hydrogen-bond acceptors (Lipinski definition) is 5. The second-order valence-electron chi connectivity index (χ2n) is 4.75. The summed E-state index contributed by atoms with van der Waals surface area (Å²) in [5, 5.41) is 6.25. The Labute approximate surface area is 119 Å². The van der Waals surface area contributed by atoms with Gasteiger partial charge in [0.15, 0.2) is 0 Å². The zero-order valence-electron chi connectivity index (χ0n) is 12.3. The van der Waals surface area contributed by atoms with Crippen LogP contribution in [0.4, 0.5) is 11.4 Å². The molecular formula is C15H22N2O3. The van der Waals surface area contributed by atoms with Crippen molar-refractivity contribution in [3.05, 3.63) is 28.7 Å². The number of carbonyl (C=O) groups is 1. The second-order valence-corrected chi connectivity index (χ2v) is 4.75. The fraction of sp³-hybridized carbons (Fsp3) is 0.533. The number of nitrogens with zero attached hydrogens (tertiary/aromatic N) is 1. The zero-order chi connectivity index (χ0) is 15.0. The molecule has 5 heteroatoms. The van der Waals surface area contributed by atoms with Crippen LogP contribution in [0.3, 0.4) is 0 Å². The first kappa shape index (κ1) is 16.1. The maximum atomic E-state index is 11.6. The summed E-state index contributed by atoms with van der Waals surface area (Å²) in [6.07, 6.45) is 2.05. The molecule has 0 aliphatic heterocycles. The molecule has 1 aromatic carbocycles. The van der Waals surface area contributed by atoms with E-state index in [0.717, 1.165) is 18.4 Å². The third-order valence-electron chi connectivity index (χ3n) is 2.97. The monoisotopic (exact) mass is 278 g/mol. The summed E-state index contributed by atoms with van der Waals surface area (Å²) >= 11 is 0. The minimum absolute atomic E-state index is 0.0543. The van der Waals surface area contributed by atoms with E-state index >= 15 is 0 Å². The van der Waals surface area contributed by atoms with E-state index in [-0.39, 0.29) is 18.4 Å². The summed E-state index contributed by atoms with van der Waals surface area (Å²) in [6.45, 7) is 6.16. The van der Waals surface area contributed by atoms with Gasteiger partial charge in [0.1, 0.15) is 5.69 Å². The van der Waals surface area contributed by atoms with Gasteiger partial charge in [0.05, 0.1) is 18.7 Å². The molecule has 0 bridgehead atoms. The SMILES string of the molecule is CCCC(CC(=O)OCC)Nc1cc(C)ccc1N=O. The summed E-state index contributed by atoms with van der Waals surface area (Å²) in [5.41, 5.74) is 2.06. The molecule has 20 heavy (non-hydrogen) atoms. The van der Waals surface area contributed by atoms with Crippen molar-refractivity contribution in [1.82, 2.24) is 0 Å². The number of esters is 1. The number of ether oxygens (including phenoxy) is 1. The third-order valence-corrected chi connectivity index (χ3v) is 2.97. The van der Waals surface area contributed by atoms with Gasteiger partial charge in [0.25, 0.3) is 0 Å². The molecule has 0 fully saturated rings. The predicted octanol–water partition coefficient (Wildman–Crippen LogP) is 3.93. The minimum atomic E-state index is -0.230. The van der Waals surface area contributed by atoms with E-state index < -0.39 is 0 Å². The third kappa shape index (κ3) is 4.99. The van der Waals surface area contributed by atoms with Gasteiger partial charge in [0, 0.05) is 6.04 Å². The molecule has 110 valence electrons. The number of carbonyl (C=O) groups excluding carboxylic acids is 1. The predicted molar refractivity (Wildman–Crippen MR) is 80.2 cm³/mol. The summed E-state index contributed by atoms with van der Waals surface area (Å²) < 4.78 is 4.97. The quantitative estimate of drug-likeness (QED) is 0.578. The van der Waals surface area contributed by atoms with Gasteiger partial charge in [-0.3, -0.25) is 4.79 Å². The number of hydrogen-bond donors (Lipinski definition) is 1. The van der Waals surface area contributed by atoms with Crippen LogP contribution in [0.2, 0.25) is 0 Å². The fourth-order valence-corrected chi connectivity index (χ4v) is 2.06. The topological polar surface area (TPSA) is 67.8 Å². The van der Waals surface area contributed by atoms with Crippen LogP contribution in [-0.2, 0) is 9.53 Å². The molecule has 0 radical (unpaired) electrons. The summed E-state index contributed by atoms with van der Waals surface area (Å²) in [7, 11) is 0. The van der Waals surface area contributed by atoms with Gasteiger partial charge in [-0.05, 0) is 43.1 Å². The lowest BCUT2D eigenvalue weighted by Gasteiger charge is -2.19. The van der Waals surface area contributed by atoms with Crippen molar-refractivity contribution in [3.63, 3.8) is 0 Å². The Morgan fingerprint density at radius 3 is 2.75 bits per heavy atom. The normalized spacial score (nSPS) is 11.8. The van der Waals surface area contributed by atoms with Gasteiger partial charge in [-0.15, -0.1) is 4.91 Å². The van der Waals surface area contributed by atoms with Crippen LogP contribution >= 0.6 is 0 Å². The molecule has 0 spiro atoms. The van der Waals surface area contributed by atoms with Crippen molar-refractivity contribution in [1.29, 1.82) is 0 Å². The first-order valence-corrected chi connectivity index (χ1v) is 6.96. The Balaban J connectivity index is 2.81. The van der Waals surface area contributed by atoms with Crippen LogP contribution in [0.1, 0.15) is 38.7 Å². The second kappa shape index (κ2) is 8.30. The standard InChI is InChI=1S/C15H22N2O3/c1-4-6-12(10-15(18)20-5-2)16-14-9-11(3)7-8-13(14)17-19/h7-9,12,16H,4-6,10H2,1-3H3. The van der Waals surface area contributed by atoms with E-state index in [1.165, 1.54) is 0 Å². The zero-order valence-corrected chi connectivity index (χ0v) is 12.3. The van der Waals surface area contributed by atoms with Crippen molar-refractivity contribution >= 4 is 17.3 Å². The molecule has 5 nitrogen and oxygen atoms in total. The van der Waals surface area contributed by atoms with Gasteiger partial charge in [-0.25, -0.2) is 0 Å². The Kier molecular flexibility index (Phi) is 6.70. The number of rotatable bonds is 8. The Bertz CT molecular complexity index is 460. The first-order chi connectivity index (χ1) is 9.60. The van der Waals surface area contributed by atoms with Crippen molar-refractivity contribution < 1.29 is 9.53 Å². The molecule has 1 atom stereocenters. The lowest BCUT2D eigenvalue weighted by atomic mass is 10.1. The lowest BCUT2D eigenvalue weighted by molar-refractivity contribution is -0.143. The van der Waals surface area contributed by atoms with E-state index in [1.807, 2.05) is 19.1 Å². The van der Waals surface area contributed by atoms with Gasteiger partial charge < -0.3 is 10.1 Å². The van der Waals surface area contributed by atoms with Crippen molar-refractivity contribution in [2.45, 2.75) is 46.1 Å². The van der Waals surface area contributed by atoms with Crippen LogP contribution < -0.4 is 5.32 Å². The molecule has 0 saturated carbocycles. The van der Waals surface area contributed by atoms with E-state index in [2.05, 4.69) is 17.4 Å². The van der Waals surface area contributed by atoms with Crippen LogP contribution in [0.5, 0.6) is 0 Å². The van der Waals surface area contributed by atoms with Crippen molar-refractivity contribution in [3.8, 4) is 0 Å². The maximum Gasteiger partial charge on any atom is 0.307 e. The van der Waals surface area contributed by atoms with Crippen molar-refractivity contribution in [2.75, 3.05) is 11.9 Å². The lowest BCUT2D eigenvalue weighted by Crippen LogP contribution is -2.24. The minimum Gasteiger partial charge on any atom is -0.466 e. The van der Waals surface area contributed by atoms with Crippen LogP contribution in [0, 0.1) is 11.8 Å². The van der Waals surface area contributed by atoms with Crippen LogP contribution in [0.25, 0.3) is 0 Å². The number of aryl methyl sites for hydroxylation is 1. The average molecular weight is 278 g/mol. The van der Waals surface area contributed by atoms with Gasteiger partial charge >= 0.3 is 5.97 Å². The number of benzene rings is 1. The number of anilines is 1. The molecular weight excluding hydrogens is 256 g/mol. The Hall–Kier alpha value is -1.91. The summed E-state index contributed by atoms with van der Waals surface area (Å²) in [6, 6.07) is 5.33. The molecule has 1 N–H and O–H groups in total. The first-order valence-electron chi connectivity index (χ1n) is 6.96. The molecule has 0 heterocycles. The highest BCUT2D eigenvalue weighted by molar-refractivity contribution is 5.72. The fourth-order valence-electron chi connectivity index (χ4n) is 2.06. The highest BCUT2D eigenvalue weighted by Gasteiger charge is 2.15. The van der Waals surface area contributed by atoms with E-state index in [4.69, 9.17) is 4.74 Å². The number of nitrogens with one attached hydrogen (secondary N) is 1. The van der Waals surface area contributed by atoms with Gasteiger partial charge in [0.2, 0.25) is 0 Å². The highest BCUT2D eigenvalue weighted by atomic mass is 16.5. The molecule has 1 rings (SSSR count). The average Bonchev–Trinajstić information content (AvgIpc) is 2.39. The molecule has 0 aliphatic rings. The molecule has 1 aromatic rings.